The lowest BCUT2D eigenvalue weighted by Gasteiger charge is -2.24. The van der Waals surface area contributed by atoms with E-state index in [9.17, 15) is 9.59 Å². The maximum absolute atomic E-state index is 12.5. The van der Waals surface area contributed by atoms with E-state index in [0.717, 1.165) is 5.56 Å². The molecule has 0 N–H and O–H groups in total. The zero-order valence-electron chi connectivity index (χ0n) is 12.8. The number of hydrogen-bond acceptors (Lipinski definition) is 2. The van der Waals surface area contributed by atoms with Crippen molar-refractivity contribution < 1.29 is 9.59 Å². The second-order valence-electron chi connectivity index (χ2n) is 5.33. The zero-order chi connectivity index (χ0) is 16.3. The van der Waals surface area contributed by atoms with Crippen molar-refractivity contribution in [2.45, 2.75) is 19.9 Å². The molecule has 2 aromatic carbocycles. The van der Waals surface area contributed by atoms with Crippen LogP contribution in [0.3, 0.4) is 0 Å². The molecular weight excluding hydrogens is 298 g/mol. The highest BCUT2D eigenvalue weighted by atomic mass is 35.5. The fraction of sp³-hybridized carbons (Fsp3) is 0.222. The van der Waals surface area contributed by atoms with Crippen LogP contribution in [0.25, 0.3) is 0 Å². The molecule has 2 aromatic rings. The molecule has 0 bridgehead atoms. The summed E-state index contributed by atoms with van der Waals surface area (Å²) in [6.07, 6.45) is 0. The van der Waals surface area contributed by atoms with Gasteiger partial charge in [0, 0.05) is 23.2 Å². The van der Waals surface area contributed by atoms with Crippen LogP contribution in [0.4, 0.5) is 0 Å². The minimum atomic E-state index is -0.536. The first-order valence-corrected chi connectivity index (χ1v) is 7.41. The molecule has 1 amide bonds. The SMILES string of the molecule is Cc1ccc(C(=O)C(C)N(C)C(=O)c2ccc(Cl)cc2)cc1. The van der Waals surface area contributed by atoms with Gasteiger partial charge in [0.1, 0.15) is 0 Å². The summed E-state index contributed by atoms with van der Waals surface area (Å²) in [5.74, 6) is -0.283. The first-order valence-electron chi connectivity index (χ1n) is 7.04. The Bertz CT molecular complexity index is 616. The third-order valence-electron chi connectivity index (χ3n) is 3.71. The fourth-order valence-corrected chi connectivity index (χ4v) is 2.23. The monoisotopic (exact) mass is 315 g/mol. The molecule has 0 radical (unpaired) electrons. The zero-order valence-corrected chi connectivity index (χ0v) is 13.6. The largest absolute Gasteiger partial charge is 0.332 e. The van der Waals surface area contributed by atoms with Gasteiger partial charge in [0.2, 0.25) is 0 Å². The van der Waals surface area contributed by atoms with Crippen molar-refractivity contribution in [1.82, 2.24) is 4.90 Å². The summed E-state index contributed by atoms with van der Waals surface area (Å²) in [5.41, 5.74) is 2.21. The van der Waals surface area contributed by atoms with E-state index in [1.54, 1.807) is 50.4 Å². The van der Waals surface area contributed by atoms with Crippen LogP contribution in [0.5, 0.6) is 0 Å². The second kappa shape index (κ2) is 6.75. The molecule has 0 aliphatic carbocycles. The van der Waals surface area contributed by atoms with Crippen LogP contribution in [-0.2, 0) is 0 Å². The average Bonchev–Trinajstić information content (AvgIpc) is 2.53. The third kappa shape index (κ3) is 3.55. The van der Waals surface area contributed by atoms with Gasteiger partial charge in [-0.05, 0) is 38.1 Å². The van der Waals surface area contributed by atoms with Crippen molar-refractivity contribution in [3.8, 4) is 0 Å². The van der Waals surface area contributed by atoms with Crippen molar-refractivity contribution in [1.29, 1.82) is 0 Å². The minimum absolute atomic E-state index is 0.0789. The van der Waals surface area contributed by atoms with Gasteiger partial charge in [0.05, 0.1) is 6.04 Å². The first-order chi connectivity index (χ1) is 10.4. The highest BCUT2D eigenvalue weighted by molar-refractivity contribution is 6.30. The van der Waals surface area contributed by atoms with E-state index in [4.69, 9.17) is 11.6 Å². The number of carbonyl (C=O) groups is 2. The van der Waals surface area contributed by atoms with Crippen molar-refractivity contribution in [3.05, 3.63) is 70.2 Å². The molecule has 0 aromatic heterocycles. The smallest absolute Gasteiger partial charge is 0.254 e. The molecule has 4 heteroatoms. The quantitative estimate of drug-likeness (QED) is 0.800. The molecule has 0 saturated heterocycles. The fourth-order valence-electron chi connectivity index (χ4n) is 2.11. The number of likely N-dealkylation sites (N-methyl/N-ethyl adjacent to an activating group) is 1. The minimum Gasteiger partial charge on any atom is -0.332 e. The van der Waals surface area contributed by atoms with Crippen molar-refractivity contribution in [2.24, 2.45) is 0 Å². The Balaban J connectivity index is 2.15. The summed E-state index contributed by atoms with van der Waals surface area (Å²) in [6, 6.07) is 13.5. The van der Waals surface area contributed by atoms with Gasteiger partial charge in [0.25, 0.3) is 5.91 Å². The van der Waals surface area contributed by atoms with Gasteiger partial charge in [-0.15, -0.1) is 0 Å². The van der Waals surface area contributed by atoms with Crippen LogP contribution in [0.2, 0.25) is 5.02 Å². The Morgan fingerprint density at radius 1 is 0.955 bits per heavy atom. The van der Waals surface area contributed by atoms with Gasteiger partial charge in [-0.3, -0.25) is 9.59 Å². The number of halogens is 1. The van der Waals surface area contributed by atoms with Gasteiger partial charge >= 0.3 is 0 Å². The maximum atomic E-state index is 12.5. The summed E-state index contributed by atoms with van der Waals surface area (Å²) in [7, 11) is 1.63. The van der Waals surface area contributed by atoms with Crippen molar-refractivity contribution in [2.75, 3.05) is 7.05 Å². The topological polar surface area (TPSA) is 37.4 Å². The number of ketones is 1. The van der Waals surface area contributed by atoms with E-state index in [1.165, 1.54) is 4.90 Å². The molecule has 2 rings (SSSR count). The highest BCUT2D eigenvalue weighted by Gasteiger charge is 2.24. The van der Waals surface area contributed by atoms with E-state index in [-0.39, 0.29) is 11.7 Å². The molecule has 114 valence electrons. The molecule has 1 atom stereocenters. The Morgan fingerprint density at radius 2 is 1.45 bits per heavy atom. The molecule has 22 heavy (non-hydrogen) atoms. The Morgan fingerprint density at radius 3 is 2.00 bits per heavy atom. The van der Waals surface area contributed by atoms with Crippen molar-refractivity contribution in [3.63, 3.8) is 0 Å². The molecule has 0 saturated carbocycles. The van der Waals surface area contributed by atoms with Gasteiger partial charge in [0.15, 0.2) is 5.78 Å². The number of rotatable bonds is 4. The van der Waals surface area contributed by atoms with Crippen LogP contribution in [0.15, 0.2) is 48.5 Å². The molecule has 0 heterocycles. The van der Waals surface area contributed by atoms with Crippen molar-refractivity contribution >= 4 is 23.3 Å². The standard InChI is InChI=1S/C18H18ClNO2/c1-12-4-6-14(7-5-12)17(21)13(2)20(3)18(22)15-8-10-16(19)11-9-15/h4-11,13H,1-3H3. The van der Waals surface area contributed by atoms with Gasteiger partial charge in [-0.2, -0.15) is 0 Å². The van der Waals surface area contributed by atoms with Gasteiger partial charge in [-0.1, -0.05) is 41.4 Å². The number of benzene rings is 2. The molecule has 0 fully saturated rings. The predicted octanol–water partition coefficient (Wildman–Crippen LogP) is 3.99. The summed E-state index contributed by atoms with van der Waals surface area (Å²) < 4.78 is 0. The average molecular weight is 316 g/mol. The third-order valence-corrected chi connectivity index (χ3v) is 3.96. The normalized spacial score (nSPS) is 11.8. The molecule has 0 aliphatic heterocycles. The molecule has 1 unspecified atom stereocenters. The van der Waals surface area contributed by atoms with Gasteiger partial charge < -0.3 is 4.90 Å². The molecule has 3 nitrogen and oxygen atoms in total. The number of aryl methyl sites for hydroxylation is 1. The summed E-state index contributed by atoms with van der Waals surface area (Å²) in [4.78, 5) is 26.3. The van der Waals surface area contributed by atoms with Crippen LogP contribution >= 0.6 is 11.6 Å². The molecular formula is C18H18ClNO2. The number of carbonyl (C=O) groups excluding carboxylic acids is 2. The number of Topliss-reactive ketones (excluding diaryl/α,β-unsaturated/α-hetero) is 1. The van der Waals surface area contributed by atoms with E-state index in [1.807, 2.05) is 19.1 Å². The van der Waals surface area contributed by atoms with Crippen LogP contribution in [0.1, 0.15) is 33.2 Å². The van der Waals surface area contributed by atoms with Crippen LogP contribution < -0.4 is 0 Å². The first kappa shape index (κ1) is 16.2. The molecule has 0 spiro atoms. The Hall–Kier alpha value is -2.13. The highest BCUT2D eigenvalue weighted by Crippen LogP contribution is 2.14. The maximum Gasteiger partial charge on any atom is 0.254 e. The van der Waals surface area contributed by atoms with Crippen LogP contribution in [0, 0.1) is 6.92 Å². The Kier molecular flexibility index (Phi) is 4.99. The number of amides is 1. The second-order valence-corrected chi connectivity index (χ2v) is 5.77. The number of nitrogens with zero attached hydrogens (tertiary/aromatic N) is 1. The van der Waals surface area contributed by atoms with E-state index in [0.29, 0.717) is 16.1 Å². The van der Waals surface area contributed by atoms with E-state index >= 15 is 0 Å². The van der Waals surface area contributed by atoms with E-state index < -0.39 is 6.04 Å². The lowest BCUT2D eigenvalue weighted by molar-refractivity contribution is 0.0675. The summed E-state index contributed by atoms with van der Waals surface area (Å²) >= 11 is 5.82. The Labute approximate surface area is 135 Å². The summed E-state index contributed by atoms with van der Waals surface area (Å²) in [6.45, 7) is 3.70. The van der Waals surface area contributed by atoms with Crippen LogP contribution in [-0.4, -0.2) is 29.7 Å². The number of hydrogen-bond donors (Lipinski definition) is 0. The van der Waals surface area contributed by atoms with E-state index in [2.05, 4.69) is 0 Å². The molecule has 0 aliphatic rings. The predicted molar refractivity (Wildman–Crippen MR) is 88.5 cm³/mol. The lowest BCUT2D eigenvalue weighted by atomic mass is 10.0. The lowest BCUT2D eigenvalue weighted by Crippen LogP contribution is -2.40. The summed E-state index contributed by atoms with van der Waals surface area (Å²) in [5, 5.41) is 0.572. The van der Waals surface area contributed by atoms with Gasteiger partial charge in [-0.25, -0.2) is 0 Å².